The summed E-state index contributed by atoms with van der Waals surface area (Å²) in [5.74, 6) is -2.32. The van der Waals surface area contributed by atoms with Crippen LogP contribution in [0, 0.1) is 11.8 Å². The Labute approximate surface area is 212 Å². The van der Waals surface area contributed by atoms with Crippen molar-refractivity contribution in [2.75, 3.05) is 23.4 Å². The second kappa shape index (κ2) is 10.7. The molecule has 184 valence electrons. The van der Waals surface area contributed by atoms with Crippen molar-refractivity contribution in [2.45, 2.75) is 30.5 Å². The fourth-order valence-electron chi connectivity index (χ4n) is 4.35. The summed E-state index contributed by atoms with van der Waals surface area (Å²) < 4.78 is 10.6. The molecule has 0 unspecified atom stereocenters. The number of alkyl halides is 2. The Morgan fingerprint density at radius 2 is 1.57 bits per heavy atom. The average Bonchev–Trinajstić information content (AvgIpc) is 3.08. The molecule has 1 saturated carbocycles. The van der Waals surface area contributed by atoms with Gasteiger partial charge in [-0.25, -0.2) is 4.79 Å². The van der Waals surface area contributed by atoms with Crippen molar-refractivity contribution in [1.29, 1.82) is 0 Å². The number of para-hydroxylation sites is 2. The minimum Gasteiger partial charge on any atom is -0.492 e. The van der Waals surface area contributed by atoms with Gasteiger partial charge in [-0.15, -0.1) is 23.2 Å². The van der Waals surface area contributed by atoms with Gasteiger partial charge in [-0.2, -0.15) is 0 Å². The molecule has 2 aliphatic rings. The van der Waals surface area contributed by atoms with Crippen molar-refractivity contribution in [3.8, 4) is 5.75 Å². The Kier molecular flexibility index (Phi) is 7.62. The van der Waals surface area contributed by atoms with E-state index in [1.807, 2.05) is 6.92 Å². The Hall–Kier alpha value is -3.10. The first kappa shape index (κ1) is 25.0. The van der Waals surface area contributed by atoms with Gasteiger partial charge in [-0.05, 0) is 56.2 Å². The number of rotatable bonds is 7. The molecule has 2 fully saturated rings. The molecular weight excluding hydrogens is 495 g/mol. The number of halogens is 2. The Balaban J connectivity index is 1.36. The van der Waals surface area contributed by atoms with Crippen LogP contribution in [0.2, 0.25) is 0 Å². The third-order valence-corrected chi connectivity index (χ3v) is 7.16. The van der Waals surface area contributed by atoms with Gasteiger partial charge in [0, 0.05) is 0 Å². The van der Waals surface area contributed by atoms with Gasteiger partial charge in [0.25, 0.3) is 5.91 Å². The zero-order valence-electron chi connectivity index (χ0n) is 18.9. The molecule has 1 saturated heterocycles. The summed E-state index contributed by atoms with van der Waals surface area (Å²) in [6.45, 7) is 1.78. The molecule has 2 aromatic rings. The maximum absolute atomic E-state index is 12.9. The van der Waals surface area contributed by atoms with Crippen molar-refractivity contribution >= 4 is 58.3 Å². The van der Waals surface area contributed by atoms with Crippen molar-refractivity contribution in [1.82, 2.24) is 0 Å². The molecule has 0 aromatic heterocycles. The lowest BCUT2D eigenvalue weighted by molar-refractivity contribution is -0.122. The average molecular weight is 519 g/mol. The number of carbonyl (C=O) groups excluding carboxylic acids is 4. The highest BCUT2D eigenvalue weighted by Gasteiger charge is 2.52. The summed E-state index contributed by atoms with van der Waals surface area (Å²) in [6, 6.07) is 12.8. The van der Waals surface area contributed by atoms with Crippen LogP contribution in [0.1, 0.15) is 30.1 Å². The van der Waals surface area contributed by atoms with E-state index in [9.17, 15) is 19.2 Å². The number of hydrogen-bond acceptors (Lipinski definition) is 6. The Bertz CT molecular complexity index is 1110. The van der Waals surface area contributed by atoms with E-state index < -0.39 is 30.3 Å². The van der Waals surface area contributed by atoms with Crippen molar-refractivity contribution in [3.63, 3.8) is 0 Å². The molecule has 1 aliphatic carbocycles. The minimum absolute atomic E-state index is 0.175. The smallest absolute Gasteiger partial charge is 0.338 e. The molecule has 8 nitrogen and oxygen atoms in total. The number of hydrogen-bond donors (Lipinski definition) is 1. The Morgan fingerprint density at radius 3 is 2.17 bits per heavy atom. The fourth-order valence-corrected chi connectivity index (χ4v) is 4.94. The van der Waals surface area contributed by atoms with Gasteiger partial charge < -0.3 is 14.8 Å². The molecular formula is C25H24Cl2N2O6. The van der Waals surface area contributed by atoms with Crippen LogP contribution in [-0.2, 0) is 19.1 Å². The van der Waals surface area contributed by atoms with E-state index in [-0.39, 0.29) is 28.1 Å². The molecule has 10 heteroatoms. The molecule has 35 heavy (non-hydrogen) atoms. The number of nitrogens with one attached hydrogen (secondary N) is 1. The standard InChI is InChI=1S/C25H24Cl2N2O6/c1-2-34-21-6-4-3-5-20(21)28-22(30)13-35-25(33)14-7-9-15(10-8-14)29-23(31)16-11-18(26)19(27)12-17(16)24(29)32/h3-10,16-19H,2,11-13H2,1H3,(H,28,30)/t16-,17+,18+,19-. The highest BCUT2D eigenvalue weighted by molar-refractivity contribution is 6.31. The molecule has 0 spiro atoms. The van der Waals surface area contributed by atoms with Crippen LogP contribution < -0.4 is 15.0 Å². The number of carbonyl (C=O) groups is 4. The molecule has 0 radical (unpaired) electrons. The van der Waals surface area contributed by atoms with Crippen molar-refractivity contribution in [3.05, 3.63) is 54.1 Å². The number of amides is 3. The molecule has 2 aromatic carbocycles. The van der Waals surface area contributed by atoms with Gasteiger partial charge in [0.15, 0.2) is 6.61 Å². The Morgan fingerprint density at radius 1 is 0.971 bits per heavy atom. The van der Waals surface area contributed by atoms with E-state index in [0.717, 1.165) is 4.90 Å². The van der Waals surface area contributed by atoms with Crippen LogP contribution in [0.3, 0.4) is 0 Å². The predicted molar refractivity (Wildman–Crippen MR) is 131 cm³/mol. The van der Waals surface area contributed by atoms with Crippen LogP contribution in [0.4, 0.5) is 11.4 Å². The number of anilines is 2. The van der Waals surface area contributed by atoms with Gasteiger partial charge in [0.2, 0.25) is 11.8 Å². The molecule has 4 rings (SSSR count). The highest BCUT2D eigenvalue weighted by Crippen LogP contribution is 2.43. The number of esters is 1. The SMILES string of the molecule is CCOc1ccccc1NC(=O)COC(=O)c1ccc(N2C(=O)[C@H]3C[C@@H](Cl)[C@@H](Cl)C[C@H]3C2=O)cc1. The normalized spacial score (nSPS) is 23.6. The second-order valence-electron chi connectivity index (χ2n) is 8.33. The van der Waals surface area contributed by atoms with Gasteiger partial charge in [0.05, 0.1) is 46.1 Å². The zero-order chi connectivity index (χ0) is 25.1. The molecule has 1 N–H and O–H groups in total. The van der Waals surface area contributed by atoms with E-state index in [4.69, 9.17) is 32.7 Å². The van der Waals surface area contributed by atoms with E-state index in [1.165, 1.54) is 24.3 Å². The quantitative estimate of drug-likeness (QED) is 0.337. The van der Waals surface area contributed by atoms with Gasteiger partial charge in [-0.3, -0.25) is 19.3 Å². The summed E-state index contributed by atoms with van der Waals surface area (Å²) in [4.78, 5) is 51.5. The summed E-state index contributed by atoms with van der Waals surface area (Å²) >= 11 is 12.4. The van der Waals surface area contributed by atoms with Crippen LogP contribution in [0.5, 0.6) is 5.75 Å². The maximum atomic E-state index is 12.9. The molecule has 4 atom stereocenters. The number of nitrogens with zero attached hydrogens (tertiary/aromatic N) is 1. The monoisotopic (exact) mass is 518 g/mol. The van der Waals surface area contributed by atoms with E-state index in [0.29, 0.717) is 36.6 Å². The summed E-state index contributed by atoms with van der Waals surface area (Å²) in [5.41, 5.74) is 1.00. The van der Waals surface area contributed by atoms with Gasteiger partial charge in [-0.1, -0.05) is 12.1 Å². The largest absolute Gasteiger partial charge is 0.492 e. The van der Waals surface area contributed by atoms with Crippen LogP contribution in [0.25, 0.3) is 0 Å². The number of benzene rings is 2. The second-order valence-corrected chi connectivity index (χ2v) is 9.45. The van der Waals surface area contributed by atoms with Crippen molar-refractivity contribution < 1.29 is 28.7 Å². The number of ether oxygens (including phenoxy) is 2. The predicted octanol–water partition coefficient (Wildman–Crippen LogP) is 4.00. The van der Waals surface area contributed by atoms with Gasteiger partial charge in [0.1, 0.15) is 5.75 Å². The topological polar surface area (TPSA) is 102 Å². The first-order chi connectivity index (χ1) is 16.8. The first-order valence-corrected chi connectivity index (χ1v) is 12.1. The summed E-state index contributed by atoms with van der Waals surface area (Å²) in [6.07, 6.45) is 0.700. The van der Waals surface area contributed by atoms with Crippen LogP contribution in [0.15, 0.2) is 48.5 Å². The minimum atomic E-state index is -0.715. The van der Waals surface area contributed by atoms with Gasteiger partial charge >= 0.3 is 5.97 Å². The molecule has 0 bridgehead atoms. The molecule has 1 heterocycles. The van der Waals surface area contributed by atoms with E-state index >= 15 is 0 Å². The van der Waals surface area contributed by atoms with E-state index in [2.05, 4.69) is 5.32 Å². The summed E-state index contributed by atoms with van der Waals surface area (Å²) in [5, 5.41) is 1.92. The lowest BCUT2D eigenvalue weighted by atomic mass is 9.80. The van der Waals surface area contributed by atoms with Crippen molar-refractivity contribution in [2.24, 2.45) is 11.8 Å². The highest BCUT2D eigenvalue weighted by atomic mass is 35.5. The number of fused-ring (bicyclic) bond motifs is 1. The zero-order valence-corrected chi connectivity index (χ0v) is 20.4. The fraction of sp³-hybridized carbons (Fsp3) is 0.360. The molecule has 3 amide bonds. The summed E-state index contributed by atoms with van der Waals surface area (Å²) in [7, 11) is 0. The third-order valence-electron chi connectivity index (χ3n) is 6.07. The maximum Gasteiger partial charge on any atom is 0.338 e. The third kappa shape index (κ3) is 5.28. The number of imide groups is 1. The first-order valence-electron chi connectivity index (χ1n) is 11.2. The lowest BCUT2D eigenvalue weighted by Gasteiger charge is -2.28. The van der Waals surface area contributed by atoms with E-state index in [1.54, 1.807) is 24.3 Å². The van der Waals surface area contributed by atoms with Crippen LogP contribution >= 0.6 is 23.2 Å². The molecule has 1 aliphatic heterocycles. The lowest BCUT2D eigenvalue weighted by Crippen LogP contribution is -2.34. The van der Waals surface area contributed by atoms with Crippen LogP contribution in [-0.4, -0.2) is 47.7 Å².